The van der Waals surface area contributed by atoms with Crippen LogP contribution in [0.4, 0.5) is 0 Å². The third-order valence-corrected chi connectivity index (χ3v) is 12.4. The average Bonchev–Trinajstić information content (AvgIpc) is 3.23. The van der Waals surface area contributed by atoms with Crippen LogP contribution < -0.4 is 0 Å². The minimum Gasteiger partial charge on any atom is -0.462 e. The Morgan fingerprint density at radius 2 is 0.534 bits per heavy atom. The van der Waals surface area contributed by atoms with Crippen molar-refractivity contribution >= 4 is 11.9 Å². The van der Waals surface area contributed by atoms with E-state index in [9.17, 15) is 14.7 Å². The van der Waals surface area contributed by atoms with Gasteiger partial charge in [0.05, 0.1) is 6.61 Å². The standard InChI is InChI=1S/C53H104O5/c1-3-5-7-9-11-13-15-17-19-21-23-25-27-29-31-33-35-37-39-41-43-45-47-52(55)57-50-51(49-54)58-53(56)48-46-44-42-40-38-36-34-32-30-28-26-24-22-20-18-16-14-12-10-8-6-4-2/h51,54H,3-50H2,1-2H3/t51-/m0/s1. The molecule has 5 nitrogen and oxygen atoms in total. The van der Waals surface area contributed by atoms with Crippen molar-refractivity contribution in [1.29, 1.82) is 0 Å². The summed E-state index contributed by atoms with van der Waals surface area (Å²) in [5, 5.41) is 9.63. The normalized spacial score (nSPS) is 12.0. The number of aliphatic hydroxyl groups is 1. The lowest BCUT2D eigenvalue weighted by Crippen LogP contribution is -2.28. The summed E-state index contributed by atoms with van der Waals surface area (Å²) in [5.74, 6) is -0.565. The summed E-state index contributed by atoms with van der Waals surface area (Å²) in [6.45, 7) is 4.20. The van der Waals surface area contributed by atoms with Crippen LogP contribution in [0.3, 0.4) is 0 Å². The van der Waals surface area contributed by atoms with E-state index in [1.807, 2.05) is 0 Å². The molecule has 0 aliphatic carbocycles. The zero-order valence-corrected chi connectivity index (χ0v) is 39.6. The Hall–Kier alpha value is -1.10. The molecule has 1 atom stereocenters. The van der Waals surface area contributed by atoms with Gasteiger partial charge in [0.15, 0.2) is 6.10 Å². The molecule has 0 spiro atoms. The van der Waals surface area contributed by atoms with Crippen molar-refractivity contribution in [2.45, 2.75) is 315 Å². The SMILES string of the molecule is CCCCCCCCCCCCCCCCCCCCCCCCC(=O)OC[C@H](CO)OC(=O)CCCCCCCCCCCCCCCCCCCCCCCC. The van der Waals surface area contributed by atoms with Crippen LogP contribution >= 0.6 is 0 Å². The lowest BCUT2D eigenvalue weighted by Gasteiger charge is -2.15. The Kier molecular flexibility index (Phi) is 49.3. The van der Waals surface area contributed by atoms with Gasteiger partial charge in [-0.05, 0) is 12.8 Å². The molecule has 0 aromatic heterocycles. The predicted octanol–water partition coefficient (Wildman–Crippen LogP) is 17.4. The highest BCUT2D eigenvalue weighted by atomic mass is 16.6. The number of carbonyl (C=O) groups is 2. The number of ether oxygens (including phenoxy) is 2. The van der Waals surface area contributed by atoms with Crippen molar-refractivity contribution in [3.05, 3.63) is 0 Å². The Morgan fingerprint density at radius 3 is 0.759 bits per heavy atom. The second-order valence-electron chi connectivity index (χ2n) is 18.3. The molecule has 346 valence electrons. The van der Waals surface area contributed by atoms with E-state index < -0.39 is 6.10 Å². The van der Waals surface area contributed by atoms with Crippen LogP contribution in [-0.2, 0) is 19.1 Å². The molecule has 0 saturated heterocycles. The van der Waals surface area contributed by atoms with Gasteiger partial charge in [0.25, 0.3) is 0 Å². The predicted molar refractivity (Wildman–Crippen MR) is 252 cm³/mol. The molecule has 1 N–H and O–H groups in total. The Morgan fingerprint density at radius 1 is 0.328 bits per heavy atom. The van der Waals surface area contributed by atoms with Crippen LogP contribution in [0.5, 0.6) is 0 Å². The summed E-state index contributed by atoms with van der Waals surface area (Å²) in [5.41, 5.74) is 0. The highest BCUT2D eigenvalue weighted by molar-refractivity contribution is 5.70. The number of hydrogen-bond donors (Lipinski definition) is 1. The zero-order chi connectivity index (χ0) is 42.1. The van der Waals surface area contributed by atoms with E-state index in [0.29, 0.717) is 12.8 Å². The minimum atomic E-state index is -0.763. The van der Waals surface area contributed by atoms with E-state index in [1.54, 1.807) is 0 Å². The van der Waals surface area contributed by atoms with Crippen molar-refractivity contribution < 1.29 is 24.2 Å². The lowest BCUT2D eigenvalue weighted by atomic mass is 10.0. The van der Waals surface area contributed by atoms with Crippen LogP contribution in [-0.4, -0.2) is 36.4 Å². The van der Waals surface area contributed by atoms with Crippen molar-refractivity contribution in [3.63, 3.8) is 0 Å². The molecule has 0 aliphatic heterocycles. The van der Waals surface area contributed by atoms with E-state index in [2.05, 4.69) is 13.8 Å². The van der Waals surface area contributed by atoms with Gasteiger partial charge in [-0.3, -0.25) is 9.59 Å². The van der Waals surface area contributed by atoms with Crippen LogP contribution in [0.25, 0.3) is 0 Å². The molecule has 0 bridgehead atoms. The zero-order valence-electron chi connectivity index (χ0n) is 39.6. The van der Waals surface area contributed by atoms with Gasteiger partial charge in [-0.15, -0.1) is 0 Å². The maximum atomic E-state index is 12.3. The molecule has 0 radical (unpaired) electrons. The van der Waals surface area contributed by atoms with Crippen molar-refractivity contribution in [2.75, 3.05) is 13.2 Å². The molecule has 0 rings (SSSR count). The second-order valence-corrected chi connectivity index (χ2v) is 18.3. The number of esters is 2. The van der Waals surface area contributed by atoms with Gasteiger partial charge in [0.2, 0.25) is 0 Å². The van der Waals surface area contributed by atoms with Crippen molar-refractivity contribution in [3.8, 4) is 0 Å². The summed E-state index contributed by atoms with van der Waals surface area (Å²) in [7, 11) is 0. The largest absolute Gasteiger partial charge is 0.462 e. The Labute approximate surface area is 363 Å². The fraction of sp³-hybridized carbons (Fsp3) is 0.962. The monoisotopic (exact) mass is 821 g/mol. The number of unbranched alkanes of at least 4 members (excludes halogenated alkanes) is 42. The van der Waals surface area contributed by atoms with Crippen LogP contribution in [0.2, 0.25) is 0 Å². The van der Waals surface area contributed by atoms with Gasteiger partial charge in [0.1, 0.15) is 6.61 Å². The van der Waals surface area contributed by atoms with Crippen LogP contribution in [0, 0.1) is 0 Å². The lowest BCUT2D eigenvalue weighted by molar-refractivity contribution is -0.161. The molecule has 0 amide bonds. The van der Waals surface area contributed by atoms with Gasteiger partial charge in [0, 0.05) is 12.8 Å². The molecule has 5 heteroatoms. The van der Waals surface area contributed by atoms with E-state index in [1.165, 1.54) is 250 Å². The number of aliphatic hydroxyl groups excluding tert-OH is 1. The first-order valence-electron chi connectivity index (χ1n) is 26.6. The fourth-order valence-electron chi connectivity index (χ4n) is 8.38. The first-order valence-corrected chi connectivity index (χ1v) is 26.6. The summed E-state index contributed by atoms with van der Waals surface area (Å²) >= 11 is 0. The van der Waals surface area contributed by atoms with Gasteiger partial charge in [-0.2, -0.15) is 0 Å². The Balaban J connectivity index is 3.41. The fourth-order valence-corrected chi connectivity index (χ4v) is 8.38. The quantitative estimate of drug-likeness (QED) is 0.0489. The maximum Gasteiger partial charge on any atom is 0.306 e. The number of rotatable bonds is 50. The van der Waals surface area contributed by atoms with Crippen LogP contribution in [0.15, 0.2) is 0 Å². The van der Waals surface area contributed by atoms with Crippen LogP contribution in [0.1, 0.15) is 309 Å². The number of carbonyl (C=O) groups excluding carboxylic acids is 2. The first kappa shape index (κ1) is 56.9. The van der Waals surface area contributed by atoms with Gasteiger partial charge < -0.3 is 14.6 Å². The maximum absolute atomic E-state index is 12.3. The first-order chi connectivity index (χ1) is 28.6. The Bertz CT molecular complexity index is 799. The molecular weight excluding hydrogens is 717 g/mol. The van der Waals surface area contributed by atoms with E-state index in [4.69, 9.17) is 9.47 Å². The van der Waals surface area contributed by atoms with E-state index in [0.717, 1.165) is 32.1 Å². The van der Waals surface area contributed by atoms with Gasteiger partial charge >= 0.3 is 11.9 Å². The molecule has 0 fully saturated rings. The van der Waals surface area contributed by atoms with E-state index in [-0.39, 0.29) is 25.2 Å². The molecular formula is C53H104O5. The average molecular weight is 821 g/mol. The summed E-state index contributed by atoms with van der Waals surface area (Å²) < 4.78 is 10.7. The second kappa shape index (κ2) is 50.3. The third-order valence-electron chi connectivity index (χ3n) is 12.4. The van der Waals surface area contributed by atoms with E-state index >= 15 is 0 Å². The molecule has 0 heterocycles. The topological polar surface area (TPSA) is 72.8 Å². The number of hydrogen-bond acceptors (Lipinski definition) is 5. The smallest absolute Gasteiger partial charge is 0.306 e. The molecule has 0 unspecified atom stereocenters. The molecule has 0 saturated carbocycles. The highest BCUT2D eigenvalue weighted by Gasteiger charge is 2.16. The third kappa shape index (κ3) is 47.6. The van der Waals surface area contributed by atoms with Gasteiger partial charge in [-0.1, -0.05) is 284 Å². The summed E-state index contributed by atoms with van der Waals surface area (Å²) in [6, 6.07) is 0. The summed E-state index contributed by atoms with van der Waals surface area (Å²) in [4.78, 5) is 24.5. The van der Waals surface area contributed by atoms with Gasteiger partial charge in [-0.25, -0.2) is 0 Å². The van der Waals surface area contributed by atoms with Crippen molar-refractivity contribution in [2.24, 2.45) is 0 Å². The molecule has 0 aliphatic rings. The molecule has 58 heavy (non-hydrogen) atoms. The molecule has 0 aromatic rings. The minimum absolute atomic E-state index is 0.0558. The van der Waals surface area contributed by atoms with Crippen molar-refractivity contribution in [1.82, 2.24) is 0 Å². The summed E-state index contributed by atoms with van der Waals surface area (Å²) in [6.07, 6.45) is 59.2. The molecule has 0 aromatic carbocycles. The highest BCUT2D eigenvalue weighted by Crippen LogP contribution is 2.18.